The molecular formula is C16H20N2OS2. The molecule has 112 valence electrons. The van der Waals surface area contributed by atoms with Crippen LogP contribution in [-0.2, 0) is 11.3 Å². The lowest BCUT2D eigenvalue weighted by atomic mass is 10.1. The van der Waals surface area contributed by atoms with Crippen LogP contribution in [0.15, 0.2) is 43.0 Å². The van der Waals surface area contributed by atoms with Crippen LogP contribution in [0.25, 0.3) is 0 Å². The molecule has 0 aliphatic rings. The fourth-order valence-corrected chi connectivity index (χ4v) is 3.48. The largest absolute Gasteiger partial charge is 0.476 e. The molecule has 2 aromatic rings. The Morgan fingerprint density at radius 1 is 1.33 bits per heavy atom. The van der Waals surface area contributed by atoms with Crippen molar-refractivity contribution in [3.63, 3.8) is 0 Å². The van der Waals surface area contributed by atoms with Crippen LogP contribution in [-0.4, -0.2) is 20.0 Å². The number of nitrogens with zero attached hydrogens (tertiary/aromatic N) is 2. The van der Waals surface area contributed by atoms with Crippen molar-refractivity contribution in [2.45, 2.75) is 38.7 Å². The smallest absolute Gasteiger partial charge is 0.220 e. The molecule has 1 atom stereocenters. The van der Waals surface area contributed by atoms with E-state index in [9.17, 15) is 0 Å². The number of aromatic nitrogens is 2. The van der Waals surface area contributed by atoms with E-state index in [1.807, 2.05) is 26.4 Å². The Morgan fingerprint density at radius 2 is 2.05 bits per heavy atom. The molecule has 0 radical (unpaired) electrons. The molecule has 0 fully saturated rings. The predicted octanol–water partition coefficient (Wildman–Crippen LogP) is 4.38. The number of aryl methyl sites for hydroxylation is 1. The minimum absolute atomic E-state index is 0.108. The molecule has 0 aliphatic heterocycles. The first-order valence-corrected chi connectivity index (χ1v) is 8.23. The fourth-order valence-electron chi connectivity index (χ4n) is 1.91. The Labute approximate surface area is 135 Å². The van der Waals surface area contributed by atoms with Crippen LogP contribution in [0.5, 0.6) is 0 Å². The summed E-state index contributed by atoms with van der Waals surface area (Å²) in [6.45, 7) is 6.89. The zero-order chi connectivity index (χ0) is 15.2. The van der Waals surface area contributed by atoms with Gasteiger partial charge in [-0.1, -0.05) is 41.6 Å². The monoisotopic (exact) mass is 320 g/mol. The van der Waals surface area contributed by atoms with Crippen molar-refractivity contribution in [1.29, 1.82) is 0 Å². The fraction of sp³-hybridized carbons (Fsp3) is 0.375. The van der Waals surface area contributed by atoms with E-state index in [2.05, 4.69) is 40.7 Å². The molecule has 0 spiro atoms. The van der Waals surface area contributed by atoms with Crippen molar-refractivity contribution in [3.05, 3.63) is 54.1 Å². The van der Waals surface area contributed by atoms with Gasteiger partial charge >= 0.3 is 0 Å². The molecule has 0 N–H and O–H groups in total. The van der Waals surface area contributed by atoms with E-state index in [4.69, 9.17) is 17.0 Å². The SMILES string of the molecule is Cc1ccc(C(Cn2ccnc2)SC(=S)OC(C)C)cc1. The van der Waals surface area contributed by atoms with Gasteiger partial charge in [0.15, 0.2) is 0 Å². The first-order valence-electron chi connectivity index (χ1n) is 6.94. The summed E-state index contributed by atoms with van der Waals surface area (Å²) in [6, 6.07) is 8.57. The van der Waals surface area contributed by atoms with Crippen LogP contribution in [0.4, 0.5) is 0 Å². The molecule has 1 aromatic carbocycles. The lowest BCUT2D eigenvalue weighted by Crippen LogP contribution is -2.11. The molecule has 2 rings (SSSR count). The van der Waals surface area contributed by atoms with E-state index in [1.54, 1.807) is 18.0 Å². The molecule has 0 bridgehead atoms. The maximum absolute atomic E-state index is 5.61. The van der Waals surface area contributed by atoms with Gasteiger partial charge in [0, 0.05) is 18.9 Å². The summed E-state index contributed by atoms with van der Waals surface area (Å²) in [5.74, 6) is 0. The normalized spacial score (nSPS) is 12.4. The van der Waals surface area contributed by atoms with E-state index in [1.165, 1.54) is 11.1 Å². The Balaban J connectivity index is 2.13. The Hall–Kier alpha value is -1.33. The van der Waals surface area contributed by atoms with Crippen LogP contribution in [0.2, 0.25) is 0 Å². The van der Waals surface area contributed by atoms with Crippen molar-refractivity contribution in [2.24, 2.45) is 0 Å². The van der Waals surface area contributed by atoms with Crippen molar-refractivity contribution in [3.8, 4) is 0 Å². The number of benzene rings is 1. The number of thiocarbonyl (C=S) groups is 1. The summed E-state index contributed by atoms with van der Waals surface area (Å²) in [4.78, 5) is 4.10. The first-order chi connectivity index (χ1) is 10.0. The van der Waals surface area contributed by atoms with Crippen LogP contribution < -0.4 is 0 Å². The van der Waals surface area contributed by atoms with Gasteiger partial charge < -0.3 is 9.30 Å². The van der Waals surface area contributed by atoms with E-state index < -0.39 is 0 Å². The Bertz CT molecular complexity index is 564. The van der Waals surface area contributed by atoms with Crippen LogP contribution in [0.1, 0.15) is 30.2 Å². The maximum Gasteiger partial charge on any atom is 0.220 e. The lowest BCUT2D eigenvalue weighted by molar-refractivity contribution is 0.243. The number of rotatable bonds is 5. The van der Waals surface area contributed by atoms with Gasteiger partial charge in [0.2, 0.25) is 4.38 Å². The first kappa shape index (κ1) is 16.0. The van der Waals surface area contributed by atoms with Crippen LogP contribution >= 0.6 is 24.0 Å². The van der Waals surface area contributed by atoms with Gasteiger partial charge in [0.1, 0.15) is 0 Å². The van der Waals surface area contributed by atoms with Gasteiger partial charge in [-0.3, -0.25) is 0 Å². The number of hydrogen-bond donors (Lipinski definition) is 0. The van der Waals surface area contributed by atoms with Crippen molar-refractivity contribution in [1.82, 2.24) is 9.55 Å². The summed E-state index contributed by atoms with van der Waals surface area (Å²) < 4.78 is 8.27. The second-order valence-electron chi connectivity index (χ2n) is 5.19. The predicted molar refractivity (Wildman–Crippen MR) is 92.6 cm³/mol. The molecule has 1 heterocycles. The van der Waals surface area contributed by atoms with Gasteiger partial charge in [0.25, 0.3) is 0 Å². The summed E-state index contributed by atoms with van der Waals surface area (Å²) >= 11 is 6.93. The zero-order valence-corrected chi connectivity index (χ0v) is 14.2. The molecule has 0 aliphatic carbocycles. The summed E-state index contributed by atoms with van der Waals surface area (Å²) in [7, 11) is 0. The third-order valence-electron chi connectivity index (χ3n) is 2.96. The quantitative estimate of drug-likeness (QED) is 0.764. The average molecular weight is 320 g/mol. The minimum atomic E-state index is 0.108. The Morgan fingerprint density at radius 3 is 2.62 bits per heavy atom. The molecule has 0 amide bonds. The van der Waals surface area contributed by atoms with E-state index >= 15 is 0 Å². The highest BCUT2D eigenvalue weighted by Crippen LogP contribution is 2.32. The molecule has 5 heteroatoms. The highest BCUT2D eigenvalue weighted by atomic mass is 32.2. The molecule has 3 nitrogen and oxygen atoms in total. The van der Waals surface area contributed by atoms with Gasteiger partial charge in [-0.25, -0.2) is 4.98 Å². The zero-order valence-electron chi connectivity index (χ0n) is 12.5. The van der Waals surface area contributed by atoms with Crippen molar-refractivity contribution in [2.75, 3.05) is 0 Å². The number of hydrogen-bond acceptors (Lipinski definition) is 4. The second kappa shape index (κ2) is 7.61. The van der Waals surface area contributed by atoms with Gasteiger partial charge in [-0.05, 0) is 38.6 Å². The van der Waals surface area contributed by atoms with Gasteiger partial charge in [0.05, 0.1) is 17.7 Å². The number of imidazole rings is 1. The summed E-state index contributed by atoms with van der Waals surface area (Å²) in [6.07, 6.45) is 5.69. The molecule has 0 saturated carbocycles. The van der Waals surface area contributed by atoms with Crippen molar-refractivity contribution < 1.29 is 4.74 Å². The van der Waals surface area contributed by atoms with Crippen molar-refractivity contribution >= 4 is 28.4 Å². The molecule has 1 unspecified atom stereocenters. The molecule has 21 heavy (non-hydrogen) atoms. The van der Waals surface area contributed by atoms with E-state index in [0.29, 0.717) is 4.38 Å². The number of thioether (sulfide) groups is 1. The van der Waals surface area contributed by atoms with E-state index in [0.717, 1.165) is 6.54 Å². The average Bonchev–Trinajstić information content (AvgIpc) is 2.91. The summed E-state index contributed by atoms with van der Waals surface area (Å²) in [5, 5.41) is 0.214. The maximum atomic E-state index is 5.61. The molecule has 1 aromatic heterocycles. The van der Waals surface area contributed by atoms with Gasteiger partial charge in [-0.15, -0.1) is 0 Å². The molecule has 0 saturated heterocycles. The standard InChI is InChI=1S/C16H20N2OS2/c1-12(2)19-16(20)21-15(10-18-9-8-17-11-18)14-6-4-13(3)5-7-14/h4-9,11-12,15H,10H2,1-3H3. The third-order valence-corrected chi connectivity index (χ3v) is 4.33. The third kappa shape index (κ3) is 5.17. The summed E-state index contributed by atoms with van der Waals surface area (Å²) in [5.41, 5.74) is 2.50. The second-order valence-corrected chi connectivity index (χ2v) is 7.00. The molecular weight excluding hydrogens is 300 g/mol. The van der Waals surface area contributed by atoms with Gasteiger partial charge in [-0.2, -0.15) is 0 Å². The lowest BCUT2D eigenvalue weighted by Gasteiger charge is -2.19. The highest BCUT2D eigenvalue weighted by Gasteiger charge is 2.17. The number of ether oxygens (including phenoxy) is 1. The van der Waals surface area contributed by atoms with Crippen LogP contribution in [0.3, 0.4) is 0 Å². The highest BCUT2D eigenvalue weighted by molar-refractivity contribution is 8.22. The topological polar surface area (TPSA) is 27.1 Å². The van der Waals surface area contributed by atoms with Crippen LogP contribution in [0, 0.1) is 6.92 Å². The minimum Gasteiger partial charge on any atom is -0.476 e. The Kier molecular flexibility index (Phi) is 5.82. The van der Waals surface area contributed by atoms with E-state index in [-0.39, 0.29) is 11.4 Å².